The molecule has 1 saturated heterocycles. The number of alkyl halides is 2. The highest BCUT2D eigenvalue weighted by molar-refractivity contribution is 7.10. The number of halogens is 2. The molecule has 0 unspecified atom stereocenters. The molecular weight excluding hydrogens is 514 g/mol. The SMILES string of the molecule is CC(F)(F)c1cccc(-c2ccccc2NC(=O)c2csc(C3CCN(C/C=C\c4ccncc4)CC3)n2)c1. The van der Waals surface area contributed by atoms with Gasteiger partial charge in [-0.3, -0.25) is 14.7 Å². The fourth-order valence-electron chi connectivity index (χ4n) is 4.74. The number of pyridine rings is 1. The number of likely N-dealkylation sites (tertiary alicyclic amines) is 1. The molecule has 0 saturated carbocycles. The molecule has 2 aromatic heterocycles. The van der Waals surface area contributed by atoms with Crippen molar-refractivity contribution in [1.29, 1.82) is 0 Å². The molecular formula is C31H30F2N4OS. The van der Waals surface area contributed by atoms with E-state index in [0.29, 0.717) is 28.4 Å². The van der Waals surface area contributed by atoms with Crippen LogP contribution in [0.5, 0.6) is 0 Å². The fraction of sp³-hybridized carbons (Fsp3) is 0.258. The van der Waals surface area contributed by atoms with Gasteiger partial charge in [-0.2, -0.15) is 0 Å². The van der Waals surface area contributed by atoms with E-state index in [1.807, 2.05) is 30.3 Å². The van der Waals surface area contributed by atoms with Crippen LogP contribution in [0.3, 0.4) is 0 Å². The summed E-state index contributed by atoms with van der Waals surface area (Å²) in [5, 5.41) is 5.73. The second kappa shape index (κ2) is 12.0. The number of hydrogen-bond acceptors (Lipinski definition) is 5. The van der Waals surface area contributed by atoms with Crippen LogP contribution >= 0.6 is 11.3 Å². The van der Waals surface area contributed by atoms with Gasteiger partial charge in [0.15, 0.2) is 0 Å². The van der Waals surface area contributed by atoms with Crippen molar-refractivity contribution in [2.45, 2.75) is 31.6 Å². The Morgan fingerprint density at radius 1 is 1.10 bits per heavy atom. The predicted molar refractivity (Wildman–Crippen MR) is 153 cm³/mol. The molecule has 0 aliphatic carbocycles. The Bertz CT molecular complexity index is 1440. The Morgan fingerprint density at radius 3 is 2.64 bits per heavy atom. The lowest BCUT2D eigenvalue weighted by Gasteiger charge is -2.30. The number of aromatic nitrogens is 2. The molecule has 0 spiro atoms. The summed E-state index contributed by atoms with van der Waals surface area (Å²) < 4.78 is 27.8. The van der Waals surface area contributed by atoms with Gasteiger partial charge in [-0.05, 0) is 61.3 Å². The largest absolute Gasteiger partial charge is 0.320 e. The van der Waals surface area contributed by atoms with Crippen LogP contribution < -0.4 is 5.32 Å². The number of carbonyl (C=O) groups is 1. The number of anilines is 1. The minimum atomic E-state index is -2.95. The Kier molecular flexibility index (Phi) is 8.24. The average molecular weight is 545 g/mol. The molecule has 0 atom stereocenters. The van der Waals surface area contributed by atoms with Gasteiger partial charge in [-0.25, -0.2) is 13.8 Å². The van der Waals surface area contributed by atoms with Crippen molar-refractivity contribution in [3.63, 3.8) is 0 Å². The molecule has 5 nitrogen and oxygen atoms in total. The molecule has 8 heteroatoms. The van der Waals surface area contributed by atoms with E-state index in [9.17, 15) is 13.6 Å². The highest BCUT2D eigenvalue weighted by Crippen LogP contribution is 2.34. The highest BCUT2D eigenvalue weighted by atomic mass is 32.1. The first kappa shape index (κ1) is 26.8. The lowest BCUT2D eigenvalue weighted by molar-refractivity contribution is 0.0175. The Balaban J connectivity index is 1.20. The zero-order chi connectivity index (χ0) is 27.2. The van der Waals surface area contributed by atoms with E-state index in [4.69, 9.17) is 0 Å². The minimum absolute atomic E-state index is 0.0684. The zero-order valence-corrected chi connectivity index (χ0v) is 22.5. The highest BCUT2D eigenvalue weighted by Gasteiger charge is 2.25. The normalized spacial score (nSPS) is 15.1. The number of para-hydroxylation sites is 1. The fourth-order valence-corrected chi connectivity index (χ4v) is 5.72. The molecule has 1 fully saturated rings. The molecule has 1 aliphatic heterocycles. The Hall–Kier alpha value is -3.75. The van der Waals surface area contributed by atoms with E-state index in [0.717, 1.165) is 50.0 Å². The van der Waals surface area contributed by atoms with Crippen LogP contribution in [0.4, 0.5) is 14.5 Å². The summed E-state index contributed by atoms with van der Waals surface area (Å²) in [5.74, 6) is -2.92. The van der Waals surface area contributed by atoms with Crippen LogP contribution in [0, 0.1) is 0 Å². The zero-order valence-electron chi connectivity index (χ0n) is 21.7. The van der Waals surface area contributed by atoms with Gasteiger partial charge in [0.05, 0.1) is 5.01 Å². The quantitative estimate of drug-likeness (QED) is 0.250. The third kappa shape index (κ3) is 6.82. The maximum absolute atomic E-state index is 13.9. The number of nitrogens with one attached hydrogen (secondary N) is 1. The third-order valence-electron chi connectivity index (χ3n) is 6.93. The maximum Gasteiger partial charge on any atom is 0.275 e. The van der Waals surface area contributed by atoms with Crippen LogP contribution in [0.2, 0.25) is 0 Å². The lowest BCUT2D eigenvalue weighted by Crippen LogP contribution is -2.33. The van der Waals surface area contributed by atoms with Crippen LogP contribution in [-0.4, -0.2) is 40.4 Å². The second-order valence-corrected chi connectivity index (χ2v) is 10.7. The van der Waals surface area contributed by atoms with E-state index >= 15 is 0 Å². The van der Waals surface area contributed by atoms with Crippen molar-refractivity contribution in [1.82, 2.24) is 14.9 Å². The number of amides is 1. The summed E-state index contributed by atoms with van der Waals surface area (Å²) in [6.45, 7) is 3.74. The van der Waals surface area contributed by atoms with Gasteiger partial charge in [-0.15, -0.1) is 11.3 Å². The summed E-state index contributed by atoms with van der Waals surface area (Å²) >= 11 is 1.52. The molecule has 39 heavy (non-hydrogen) atoms. The first-order valence-electron chi connectivity index (χ1n) is 13.0. The van der Waals surface area contributed by atoms with Crippen molar-refractivity contribution in [3.8, 4) is 11.1 Å². The molecule has 1 N–H and O–H groups in total. The van der Waals surface area contributed by atoms with Crippen molar-refractivity contribution < 1.29 is 13.6 Å². The molecule has 0 radical (unpaired) electrons. The van der Waals surface area contributed by atoms with Gasteiger partial charge >= 0.3 is 0 Å². The number of nitrogens with zero attached hydrogens (tertiary/aromatic N) is 3. The molecule has 2 aromatic carbocycles. The molecule has 4 aromatic rings. The number of carbonyl (C=O) groups excluding carboxylic acids is 1. The van der Waals surface area contributed by atoms with Crippen LogP contribution in [0.25, 0.3) is 17.2 Å². The predicted octanol–water partition coefficient (Wildman–Crippen LogP) is 7.46. The summed E-state index contributed by atoms with van der Waals surface area (Å²) in [4.78, 5) is 24.2. The molecule has 200 valence electrons. The number of hydrogen-bond donors (Lipinski definition) is 1. The smallest absolute Gasteiger partial charge is 0.275 e. The van der Waals surface area contributed by atoms with Gasteiger partial charge in [-0.1, -0.05) is 48.6 Å². The molecule has 3 heterocycles. The van der Waals surface area contributed by atoms with E-state index in [1.165, 1.54) is 23.5 Å². The minimum Gasteiger partial charge on any atom is -0.320 e. The average Bonchev–Trinajstić information content (AvgIpc) is 3.45. The summed E-state index contributed by atoms with van der Waals surface area (Å²) in [7, 11) is 0. The van der Waals surface area contributed by atoms with Crippen LogP contribution in [-0.2, 0) is 5.92 Å². The van der Waals surface area contributed by atoms with Crippen molar-refractivity contribution >= 4 is 29.0 Å². The lowest BCUT2D eigenvalue weighted by atomic mass is 9.97. The number of thiazole rings is 1. The number of rotatable bonds is 8. The maximum atomic E-state index is 13.9. The van der Waals surface area contributed by atoms with Gasteiger partial charge in [0, 0.05) is 54.0 Å². The molecule has 1 amide bonds. The van der Waals surface area contributed by atoms with Gasteiger partial charge in [0.25, 0.3) is 11.8 Å². The Morgan fingerprint density at radius 2 is 1.87 bits per heavy atom. The van der Waals surface area contributed by atoms with Crippen LogP contribution in [0.1, 0.15) is 52.3 Å². The summed E-state index contributed by atoms with van der Waals surface area (Å²) in [6.07, 6.45) is 9.89. The first-order valence-corrected chi connectivity index (χ1v) is 13.9. The number of benzene rings is 2. The topological polar surface area (TPSA) is 58.1 Å². The number of piperidine rings is 1. The van der Waals surface area contributed by atoms with Crippen molar-refractivity contribution in [2.24, 2.45) is 0 Å². The molecule has 5 rings (SSSR count). The monoisotopic (exact) mass is 544 g/mol. The first-order chi connectivity index (χ1) is 18.9. The van der Waals surface area contributed by atoms with Gasteiger partial charge < -0.3 is 5.32 Å². The van der Waals surface area contributed by atoms with Gasteiger partial charge in [0.1, 0.15) is 5.69 Å². The second-order valence-electron chi connectivity index (χ2n) is 9.80. The standard InChI is InChI=1S/C31H30F2N4OS/c1-31(32,33)25-8-4-7-24(20-25)26-9-2-3-10-27(26)35-29(38)28-21-39-30(36-28)23-13-18-37(19-14-23)17-5-6-22-11-15-34-16-12-22/h2-12,15-16,20-21,23H,13-14,17-19H2,1H3,(H,35,38)/b6-5-. The molecule has 1 aliphatic rings. The van der Waals surface area contributed by atoms with E-state index in [2.05, 4.69) is 32.3 Å². The van der Waals surface area contributed by atoms with E-state index < -0.39 is 5.92 Å². The summed E-state index contributed by atoms with van der Waals surface area (Å²) in [5.41, 5.74) is 3.31. The van der Waals surface area contributed by atoms with Crippen molar-refractivity contribution in [2.75, 3.05) is 25.0 Å². The molecule has 0 bridgehead atoms. The van der Waals surface area contributed by atoms with Crippen molar-refractivity contribution in [3.05, 3.63) is 106 Å². The summed E-state index contributed by atoms with van der Waals surface area (Å²) in [6, 6.07) is 17.4. The van der Waals surface area contributed by atoms with Gasteiger partial charge in [0.2, 0.25) is 0 Å². The Labute approximate surface area is 231 Å². The van der Waals surface area contributed by atoms with E-state index in [-0.39, 0.29) is 11.5 Å². The van der Waals surface area contributed by atoms with Crippen LogP contribution in [0.15, 0.2) is 84.5 Å². The third-order valence-corrected chi connectivity index (χ3v) is 7.93. The van der Waals surface area contributed by atoms with E-state index in [1.54, 1.807) is 36.0 Å².